The molecule has 148 valence electrons. The number of aromatic amines is 1. The van der Waals surface area contributed by atoms with Gasteiger partial charge in [0.1, 0.15) is 0 Å². The van der Waals surface area contributed by atoms with Crippen molar-refractivity contribution in [1.29, 1.82) is 10.5 Å². The van der Waals surface area contributed by atoms with Gasteiger partial charge in [-0.3, -0.25) is 10.1 Å². The van der Waals surface area contributed by atoms with E-state index in [2.05, 4.69) is 32.6 Å². The summed E-state index contributed by atoms with van der Waals surface area (Å²) < 4.78 is 0. The second kappa shape index (κ2) is 7.73. The molecule has 4 N–H and O–H groups in total. The Labute approximate surface area is 174 Å². The van der Waals surface area contributed by atoms with Crippen molar-refractivity contribution in [2.75, 3.05) is 11.1 Å². The molecule has 0 aliphatic carbocycles. The summed E-state index contributed by atoms with van der Waals surface area (Å²) in [4.78, 5) is 4.41. The van der Waals surface area contributed by atoms with E-state index in [4.69, 9.17) is 5.73 Å². The summed E-state index contributed by atoms with van der Waals surface area (Å²) in [6.07, 6.45) is 0. The highest BCUT2D eigenvalue weighted by Gasteiger charge is 2.34. The molecule has 0 amide bonds. The van der Waals surface area contributed by atoms with Crippen LogP contribution in [0.3, 0.4) is 0 Å². The van der Waals surface area contributed by atoms with Gasteiger partial charge in [0.15, 0.2) is 5.82 Å². The van der Waals surface area contributed by atoms with E-state index in [1.165, 1.54) is 0 Å². The molecule has 7 heteroatoms. The lowest BCUT2D eigenvalue weighted by molar-refractivity contribution is 0.704. The standard InChI is InChI=1S/C23H21N7/c1-13-19(10-24)22(20(11-25)14(2)28-13)16-5-8-21-18(9-16)23(30-29-21)27-12-15-3-6-17(26)7-4-15/h3-9,19,22H,12,26H2,1-2H3,(H2,27,29,30). The topological polar surface area (TPSA) is 127 Å². The van der Waals surface area contributed by atoms with Crippen LogP contribution in [-0.4, -0.2) is 15.9 Å². The first-order valence-corrected chi connectivity index (χ1v) is 9.63. The Morgan fingerprint density at radius 3 is 2.60 bits per heavy atom. The van der Waals surface area contributed by atoms with Crippen LogP contribution in [0.5, 0.6) is 0 Å². The van der Waals surface area contributed by atoms with Crippen molar-refractivity contribution in [2.24, 2.45) is 10.9 Å². The van der Waals surface area contributed by atoms with Crippen molar-refractivity contribution in [2.45, 2.75) is 26.3 Å². The van der Waals surface area contributed by atoms with Crippen LogP contribution in [0.25, 0.3) is 10.9 Å². The highest BCUT2D eigenvalue weighted by Crippen LogP contribution is 2.39. The summed E-state index contributed by atoms with van der Waals surface area (Å²) in [7, 11) is 0. The van der Waals surface area contributed by atoms with Crippen LogP contribution in [0.2, 0.25) is 0 Å². The average molecular weight is 395 g/mol. The van der Waals surface area contributed by atoms with E-state index in [-0.39, 0.29) is 5.92 Å². The molecule has 0 spiro atoms. The fourth-order valence-corrected chi connectivity index (χ4v) is 3.89. The van der Waals surface area contributed by atoms with Gasteiger partial charge in [-0.2, -0.15) is 15.6 Å². The van der Waals surface area contributed by atoms with E-state index in [0.717, 1.165) is 39.2 Å². The zero-order valence-electron chi connectivity index (χ0n) is 16.8. The largest absolute Gasteiger partial charge is 0.399 e. The van der Waals surface area contributed by atoms with Crippen LogP contribution in [0.4, 0.5) is 11.5 Å². The molecular weight excluding hydrogens is 374 g/mol. The normalized spacial score (nSPS) is 18.6. The Morgan fingerprint density at radius 1 is 1.13 bits per heavy atom. The van der Waals surface area contributed by atoms with Gasteiger partial charge in [0.25, 0.3) is 0 Å². The van der Waals surface area contributed by atoms with Crippen LogP contribution in [-0.2, 0) is 6.54 Å². The highest BCUT2D eigenvalue weighted by atomic mass is 15.2. The van der Waals surface area contributed by atoms with Crippen LogP contribution in [0, 0.1) is 28.6 Å². The number of rotatable bonds is 4. The molecule has 7 nitrogen and oxygen atoms in total. The Kier molecular flexibility index (Phi) is 4.95. The van der Waals surface area contributed by atoms with Crippen molar-refractivity contribution < 1.29 is 0 Å². The van der Waals surface area contributed by atoms with Gasteiger partial charge >= 0.3 is 0 Å². The first-order valence-electron chi connectivity index (χ1n) is 9.63. The monoisotopic (exact) mass is 395 g/mol. The van der Waals surface area contributed by atoms with Gasteiger partial charge in [-0.1, -0.05) is 18.2 Å². The number of hydrogen-bond donors (Lipinski definition) is 3. The molecule has 4 rings (SSSR count). The molecule has 2 atom stereocenters. The minimum absolute atomic E-state index is 0.346. The highest BCUT2D eigenvalue weighted by molar-refractivity contribution is 5.93. The van der Waals surface area contributed by atoms with Gasteiger partial charge in [-0.15, -0.1) is 0 Å². The van der Waals surface area contributed by atoms with Crippen LogP contribution < -0.4 is 11.1 Å². The number of benzene rings is 2. The SMILES string of the molecule is CC1=NC(C)=C(C#N)C(c2ccc3[nH]nc(NCc4ccc(N)cc4)c3c2)C1C#N. The average Bonchev–Trinajstić information content (AvgIpc) is 3.15. The summed E-state index contributed by atoms with van der Waals surface area (Å²) in [5.74, 6) is -0.0989. The molecular formula is C23H21N7. The number of nitrogens with one attached hydrogen (secondary N) is 2. The van der Waals surface area contributed by atoms with E-state index < -0.39 is 5.92 Å². The second-order valence-corrected chi connectivity index (χ2v) is 7.42. The zero-order chi connectivity index (χ0) is 21.3. The number of allylic oxidation sites excluding steroid dienone is 2. The van der Waals surface area contributed by atoms with Crippen molar-refractivity contribution in [3.63, 3.8) is 0 Å². The predicted octanol–water partition coefficient (Wildman–Crippen LogP) is 4.25. The lowest BCUT2D eigenvalue weighted by Gasteiger charge is -2.26. The molecule has 2 aromatic carbocycles. The van der Waals surface area contributed by atoms with Gasteiger partial charge in [0, 0.05) is 29.2 Å². The van der Waals surface area contributed by atoms with Crippen molar-refractivity contribution >= 4 is 28.1 Å². The molecule has 1 aliphatic heterocycles. The maximum absolute atomic E-state index is 9.75. The maximum Gasteiger partial charge on any atom is 0.156 e. The van der Waals surface area contributed by atoms with Crippen LogP contribution >= 0.6 is 0 Å². The number of aliphatic imine (C=N–C) groups is 1. The maximum atomic E-state index is 9.75. The molecule has 0 saturated heterocycles. The third kappa shape index (κ3) is 3.38. The van der Waals surface area contributed by atoms with E-state index >= 15 is 0 Å². The Bertz CT molecular complexity index is 1250. The summed E-state index contributed by atoms with van der Waals surface area (Å²) in [6, 6.07) is 18.2. The van der Waals surface area contributed by atoms with Crippen molar-refractivity contribution in [3.05, 3.63) is 64.9 Å². The molecule has 0 radical (unpaired) electrons. The molecule has 0 saturated carbocycles. The van der Waals surface area contributed by atoms with Crippen LogP contribution in [0.15, 0.2) is 58.7 Å². The minimum atomic E-state index is -0.473. The molecule has 0 fully saturated rings. The Balaban J connectivity index is 1.70. The lowest BCUT2D eigenvalue weighted by Crippen LogP contribution is -2.24. The van der Waals surface area contributed by atoms with Crippen molar-refractivity contribution in [1.82, 2.24) is 10.2 Å². The Morgan fingerprint density at radius 2 is 1.90 bits per heavy atom. The van der Waals surface area contributed by atoms with E-state index in [0.29, 0.717) is 17.8 Å². The van der Waals surface area contributed by atoms with Gasteiger partial charge in [-0.25, -0.2) is 0 Å². The number of aromatic nitrogens is 2. The third-order valence-electron chi connectivity index (χ3n) is 5.47. The molecule has 3 aromatic rings. The number of H-pyrrole nitrogens is 1. The van der Waals surface area contributed by atoms with E-state index in [1.807, 2.05) is 56.3 Å². The predicted molar refractivity (Wildman–Crippen MR) is 118 cm³/mol. The minimum Gasteiger partial charge on any atom is -0.399 e. The summed E-state index contributed by atoms with van der Waals surface area (Å²) in [5, 5.41) is 31.2. The number of anilines is 2. The number of nitrogens with zero attached hydrogens (tertiary/aromatic N) is 4. The van der Waals surface area contributed by atoms with Gasteiger partial charge < -0.3 is 11.1 Å². The van der Waals surface area contributed by atoms with Crippen LogP contribution in [0.1, 0.15) is 30.9 Å². The fourth-order valence-electron chi connectivity index (χ4n) is 3.89. The number of hydrogen-bond acceptors (Lipinski definition) is 6. The number of nitrogen functional groups attached to an aromatic ring is 1. The zero-order valence-corrected chi connectivity index (χ0v) is 16.8. The van der Waals surface area contributed by atoms with Crippen molar-refractivity contribution in [3.8, 4) is 12.1 Å². The smallest absolute Gasteiger partial charge is 0.156 e. The summed E-state index contributed by atoms with van der Waals surface area (Å²) in [6.45, 7) is 4.26. The summed E-state index contributed by atoms with van der Waals surface area (Å²) in [5.41, 5.74) is 11.3. The molecule has 30 heavy (non-hydrogen) atoms. The van der Waals surface area contributed by atoms with Gasteiger partial charge in [0.05, 0.1) is 34.8 Å². The summed E-state index contributed by atoms with van der Waals surface area (Å²) >= 11 is 0. The number of fused-ring (bicyclic) bond motifs is 1. The molecule has 2 heterocycles. The van der Waals surface area contributed by atoms with Gasteiger partial charge in [-0.05, 0) is 49.2 Å². The third-order valence-corrected chi connectivity index (χ3v) is 5.47. The molecule has 0 bridgehead atoms. The fraction of sp³-hybridized carbons (Fsp3) is 0.217. The lowest BCUT2D eigenvalue weighted by atomic mass is 9.76. The molecule has 2 unspecified atom stereocenters. The van der Waals surface area contributed by atoms with E-state index in [1.54, 1.807) is 0 Å². The molecule has 1 aromatic heterocycles. The second-order valence-electron chi connectivity index (χ2n) is 7.42. The quantitative estimate of drug-likeness (QED) is 0.569. The van der Waals surface area contributed by atoms with E-state index in [9.17, 15) is 10.5 Å². The number of nitrogens with two attached hydrogens (primary N) is 1. The van der Waals surface area contributed by atoms with Gasteiger partial charge in [0.2, 0.25) is 0 Å². The first kappa shape index (κ1) is 19.2. The molecule has 1 aliphatic rings. The Hall–Kier alpha value is -4.10. The first-order chi connectivity index (χ1) is 14.5. The number of nitriles is 2.